The highest BCUT2D eigenvalue weighted by Gasteiger charge is 2.68. The molecular weight excluding hydrogens is 424 g/mol. The van der Waals surface area contributed by atoms with Crippen molar-refractivity contribution in [2.45, 2.75) is 44.2 Å². The fourth-order valence-corrected chi connectivity index (χ4v) is 7.39. The molecule has 7 rings (SSSR count). The minimum atomic E-state index is -0.214. The number of nitrogens with zero attached hydrogens (tertiary/aromatic N) is 2. The van der Waals surface area contributed by atoms with Crippen LogP contribution in [0.5, 0.6) is 0 Å². The van der Waals surface area contributed by atoms with Gasteiger partial charge in [-0.15, -0.1) is 0 Å². The number of pyridine rings is 2. The molecule has 3 aromatic carbocycles. The molecule has 0 bridgehead atoms. The number of hydrogen-bond acceptors (Lipinski definition) is 0. The van der Waals surface area contributed by atoms with Crippen LogP contribution in [0.3, 0.4) is 0 Å². The fraction of sp³-hybridized carbons (Fsp3) is 0.212. The van der Waals surface area contributed by atoms with Gasteiger partial charge < -0.3 is 0 Å². The first kappa shape index (κ1) is 20.6. The van der Waals surface area contributed by atoms with E-state index >= 15 is 0 Å². The molecule has 2 aliphatic heterocycles. The number of aromatic nitrogens is 2. The molecule has 2 aromatic heterocycles. The van der Waals surface area contributed by atoms with E-state index in [1.54, 1.807) is 0 Å². The van der Waals surface area contributed by atoms with Crippen molar-refractivity contribution >= 4 is 10.8 Å². The maximum atomic E-state index is 2.65. The average molecular weight is 455 g/mol. The zero-order valence-electron chi connectivity index (χ0n) is 20.6. The molecule has 2 heteroatoms. The van der Waals surface area contributed by atoms with Gasteiger partial charge in [-0.25, -0.2) is 0 Å². The van der Waals surface area contributed by atoms with E-state index in [9.17, 15) is 0 Å². The predicted molar refractivity (Wildman–Crippen MR) is 141 cm³/mol. The third-order valence-electron chi connectivity index (χ3n) is 8.92. The highest BCUT2D eigenvalue weighted by molar-refractivity contribution is 5.94. The van der Waals surface area contributed by atoms with Crippen LogP contribution in [0.1, 0.15) is 44.4 Å². The van der Waals surface area contributed by atoms with Crippen LogP contribution in [0.4, 0.5) is 0 Å². The first-order valence-corrected chi connectivity index (χ1v) is 12.7. The second-order valence-corrected chi connectivity index (χ2v) is 10.6. The summed E-state index contributed by atoms with van der Waals surface area (Å²) in [5.74, 6) is 0. The first-order valence-electron chi connectivity index (χ1n) is 12.7. The van der Waals surface area contributed by atoms with E-state index in [1.165, 1.54) is 44.4 Å². The number of rotatable bonds is 2. The van der Waals surface area contributed by atoms with E-state index in [0.717, 1.165) is 6.42 Å². The molecule has 0 fully saturated rings. The zero-order valence-corrected chi connectivity index (χ0v) is 20.6. The lowest BCUT2D eigenvalue weighted by Gasteiger charge is -2.47. The van der Waals surface area contributed by atoms with E-state index in [1.807, 2.05) is 0 Å². The van der Waals surface area contributed by atoms with Gasteiger partial charge in [-0.3, -0.25) is 0 Å². The second kappa shape index (κ2) is 7.11. The Morgan fingerprint density at radius 3 is 2.29 bits per heavy atom. The average Bonchev–Trinajstić information content (AvgIpc) is 3.24. The Kier molecular flexibility index (Phi) is 4.18. The Labute approximate surface area is 207 Å². The van der Waals surface area contributed by atoms with Crippen LogP contribution in [0.15, 0.2) is 109 Å². The first-order chi connectivity index (χ1) is 17.1. The number of hydrogen-bond donors (Lipinski definition) is 0. The molecule has 0 N–H and O–H groups in total. The topological polar surface area (TPSA) is 7.76 Å². The van der Waals surface area contributed by atoms with Crippen molar-refractivity contribution in [3.8, 4) is 22.5 Å². The van der Waals surface area contributed by atoms with Crippen LogP contribution in [0, 0.1) is 0 Å². The van der Waals surface area contributed by atoms with Crippen LogP contribution in [0.2, 0.25) is 0 Å². The summed E-state index contributed by atoms with van der Waals surface area (Å²) in [6.07, 6.45) is 5.66. The molecule has 0 saturated heterocycles. The van der Waals surface area contributed by atoms with E-state index in [-0.39, 0.29) is 17.0 Å². The molecule has 5 aromatic rings. The van der Waals surface area contributed by atoms with Gasteiger partial charge in [-0.1, -0.05) is 61.5 Å². The Balaban J connectivity index is 1.67. The lowest BCUT2D eigenvalue weighted by Crippen LogP contribution is -2.74. The minimum absolute atomic E-state index is 0.124. The van der Waals surface area contributed by atoms with Crippen LogP contribution in [-0.4, -0.2) is 0 Å². The number of benzene rings is 3. The standard InChI is InChI=1S/C33H30N2/c1-4-33(31-26-16-8-7-15-25(26)29-19-11-12-21-34(29)31)32(2,3)28-18-10-9-17-27(28)30-24-14-6-5-13-23(24)20-22-35(30)33/h5-22,31H,4H2,1-3H3/q+2/t31-,33?/m1/s1. The van der Waals surface area contributed by atoms with Crippen molar-refractivity contribution in [3.63, 3.8) is 0 Å². The molecule has 35 heavy (non-hydrogen) atoms. The third-order valence-corrected chi connectivity index (χ3v) is 8.92. The van der Waals surface area contributed by atoms with Crippen molar-refractivity contribution in [1.29, 1.82) is 0 Å². The molecule has 2 atom stereocenters. The molecule has 0 aliphatic carbocycles. The van der Waals surface area contributed by atoms with Gasteiger partial charge in [0.15, 0.2) is 12.4 Å². The Morgan fingerprint density at radius 2 is 1.43 bits per heavy atom. The maximum Gasteiger partial charge on any atom is 0.249 e. The molecule has 4 heterocycles. The van der Waals surface area contributed by atoms with E-state index in [4.69, 9.17) is 0 Å². The third kappa shape index (κ3) is 2.44. The second-order valence-electron chi connectivity index (χ2n) is 10.6. The van der Waals surface area contributed by atoms with E-state index in [2.05, 4.69) is 139 Å². The van der Waals surface area contributed by atoms with Crippen molar-refractivity contribution < 1.29 is 9.13 Å². The Bertz CT molecular complexity index is 1580. The summed E-state index contributed by atoms with van der Waals surface area (Å²) in [5, 5.41) is 2.61. The van der Waals surface area contributed by atoms with Crippen molar-refractivity contribution in [2.24, 2.45) is 0 Å². The van der Waals surface area contributed by atoms with E-state index < -0.39 is 0 Å². The van der Waals surface area contributed by atoms with Gasteiger partial charge in [-0.05, 0) is 49.1 Å². The molecule has 0 amide bonds. The molecule has 2 nitrogen and oxygen atoms in total. The van der Waals surface area contributed by atoms with Gasteiger partial charge >= 0.3 is 0 Å². The van der Waals surface area contributed by atoms with Crippen molar-refractivity contribution in [3.05, 3.63) is 121 Å². The van der Waals surface area contributed by atoms with Gasteiger partial charge in [0.1, 0.15) is 0 Å². The van der Waals surface area contributed by atoms with Crippen molar-refractivity contribution in [2.75, 3.05) is 0 Å². The molecule has 0 saturated carbocycles. The molecule has 0 spiro atoms. The highest BCUT2D eigenvalue weighted by Crippen LogP contribution is 2.55. The normalized spacial score (nSPS) is 21.2. The quantitative estimate of drug-likeness (QED) is 0.261. The molecular formula is C33H30N2+2. The summed E-state index contributed by atoms with van der Waals surface area (Å²) >= 11 is 0. The largest absolute Gasteiger partial charge is 0.249 e. The summed E-state index contributed by atoms with van der Waals surface area (Å²) in [7, 11) is 0. The minimum Gasteiger partial charge on any atom is -0.184 e. The smallest absolute Gasteiger partial charge is 0.184 e. The summed E-state index contributed by atoms with van der Waals surface area (Å²) in [6, 6.07) is 36.1. The number of fused-ring (bicyclic) bond motifs is 8. The van der Waals surface area contributed by atoms with Gasteiger partial charge in [-0.2, -0.15) is 9.13 Å². The van der Waals surface area contributed by atoms with Gasteiger partial charge in [0, 0.05) is 30.2 Å². The molecule has 0 radical (unpaired) electrons. The highest BCUT2D eigenvalue weighted by atomic mass is 15.2. The summed E-state index contributed by atoms with van der Waals surface area (Å²) in [6.45, 7) is 7.31. The SMILES string of the molecule is CCC1([C@H]2c3ccccc3-c3cccc[n+]32)[n+]2ccc3ccccc3c2-c2ccccc2C1(C)C. The predicted octanol–water partition coefficient (Wildman–Crippen LogP) is 6.75. The fourth-order valence-electron chi connectivity index (χ4n) is 7.39. The van der Waals surface area contributed by atoms with Crippen LogP contribution < -0.4 is 9.13 Å². The molecule has 170 valence electrons. The lowest BCUT2D eigenvalue weighted by atomic mass is 9.58. The van der Waals surface area contributed by atoms with Crippen LogP contribution >= 0.6 is 0 Å². The van der Waals surface area contributed by atoms with Gasteiger partial charge in [0.25, 0.3) is 0 Å². The molecule has 2 aliphatic rings. The van der Waals surface area contributed by atoms with Crippen LogP contribution in [-0.2, 0) is 11.0 Å². The summed E-state index contributed by atoms with van der Waals surface area (Å²) < 4.78 is 5.18. The summed E-state index contributed by atoms with van der Waals surface area (Å²) in [5.41, 5.74) is 7.85. The monoisotopic (exact) mass is 454 g/mol. The van der Waals surface area contributed by atoms with Crippen molar-refractivity contribution in [1.82, 2.24) is 0 Å². The van der Waals surface area contributed by atoms with Gasteiger partial charge in [0.2, 0.25) is 23.0 Å². The Hall–Kier alpha value is -3.78. The zero-order chi connectivity index (χ0) is 23.8. The maximum absolute atomic E-state index is 2.65. The van der Waals surface area contributed by atoms with Gasteiger partial charge in [0.05, 0.1) is 21.9 Å². The Morgan fingerprint density at radius 1 is 0.714 bits per heavy atom. The lowest BCUT2D eigenvalue weighted by molar-refractivity contribution is -0.840. The molecule has 1 unspecified atom stereocenters. The van der Waals surface area contributed by atoms with E-state index in [0.29, 0.717) is 0 Å². The summed E-state index contributed by atoms with van der Waals surface area (Å²) in [4.78, 5) is 0. The van der Waals surface area contributed by atoms with Crippen LogP contribution in [0.25, 0.3) is 33.3 Å².